The van der Waals surface area contributed by atoms with Gasteiger partial charge in [-0.05, 0) is 6.54 Å². The highest BCUT2D eigenvalue weighted by atomic mass is 35.5. The second-order valence-corrected chi connectivity index (χ2v) is 3.25. The Labute approximate surface area is 85.9 Å². The molecule has 0 saturated carbocycles. The van der Waals surface area contributed by atoms with Crippen LogP contribution in [0.1, 0.15) is 16.8 Å². The van der Waals surface area contributed by atoms with E-state index in [0.717, 1.165) is 0 Å². The van der Waals surface area contributed by atoms with Gasteiger partial charge in [-0.15, -0.1) is 0 Å². The van der Waals surface area contributed by atoms with E-state index in [1.54, 1.807) is 0 Å². The van der Waals surface area contributed by atoms with Crippen molar-refractivity contribution in [2.24, 2.45) is 5.73 Å². The van der Waals surface area contributed by atoms with Gasteiger partial charge in [-0.25, -0.2) is 0 Å². The molecular weight excluding hydrogens is 211 g/mol. The van der Waals surface area contributed by atoms with E-state index in [0.29, 0.717) is 5.56 Å². The van der Waals surface area contributed by atoms with E-state index < -0.39 is 0 Å². The van der Waals surface area contributed by atoms with Gasteiger partial charge in [0.15, 0.2) is 5.78 Å². The number of rotatable bonds is 3. The molecule has 0 unspecified atom stereocenters. The third-order valence-corrected chi connectivity index (χ3v) is 2.08. The van der Waals surface area contributed by atoms with Crippen LogP contribution in [0, 0.1) is 0 Å². The summed E-state index contributed by atoms with van der Waals surface area (Å²) in [6, 6.07) is 0. The summed E-state index contributed by atoms with van der Waals surface area (Å²) in [5.74, 6) is -0.153. The molecule has 3 nitrogen and oxygen atoms in total. The first-order valence-electron chi connectivity index (χ1n) is 3.69. The van der Waals surface area contributed by atoms with Crippen molar-refractivity contribution in [1.82, 2.24) is 4.98 Å². The lowest BCUT2D eigenvalue weighted by Gasteiger charge is -2.03. The van der Waals surface area contributed by atoms with E-state index >= 15 is 0 Å². The highest BCUT2D eigenvalue weighted by Crippen LogP contribution is 2.23. The first-order valence-corrected chi connectivity index (χ1v) is 4.44. The van der Waals surface area contributed by atoms with Gasteiger partial charge >= 0.3 is 0 Å². The van der Waals surface area contributed by atoms with Gasteiger partial charge < -0.3 is 5.73 Å². The molecule has 0 fully saturated rings. The predicted octanol–water partition coefficient (Wildman–Crippen LogP) is 1.92. The standard InChI is InChI=1S/C8H8Cl2N2O/c9-5-3-12-4-6(10)8(5)7(13)1-2-11/h3-4H,1-2,11H2. The largest absolute Gasteiger partial charge is 0.330 e. The van der Waals surface area contributed by atoms with Crippen molar-refractivity contribution in [1.29, 1.82) is 0 Å². The molecule has 0 aliphatic carbocycles. The SMILES string of the molecule is NCCC(=O)c1c(Cl)cncc1Cl. The van der Waals surface area contributed by atoms with Crippen LogP contribution in [-0.4, -0.2) is 17.3 Å². The molecule has 0 spiro atoms. The van der Waals surface area contributed by atoms with E-state index in [1.165, 1.54) is 12.4 Å². The Hall–Kier alpha value is -0.640. The zero-order chi connectivity index (χ0) is 9.84. The maximum Gasteiger partial charge on any atom is 0.167 e. The molecule has 0 saturated heterocycles. The third-order valence-electron chi connectivity index (χ3n) is 1.50. The molecule has 1 aromatic rings. The molecule has 0 radical (unpaired) electrons. The third kappa shape index (κ3) is 2.40. The lowest BCUT2D eigenvalue weighted by Crippen LogP contribution is -2.09. The van der Waals surface area contributed by atoms with Crippen molar-refractivity contribution in [2.75, 3.05) is 6.54 Å². The number of hydrogen-bond acceptors (Lipinski definition) is 3. The molecule has 0 aromatic carbocycles. The number of aromatic nitrogens is 1. The minimum atomic E-state index is -0.153. The first-order chi connectivity index (χ1) is 6.16. The van der Waals surface area contributed by atoms with Crippen LogP contribution in [0.25, 0.3) is 0 Å². The predicted molar refractivity (Wildman–Crippen MR) is 52.3 cm³/mol. The van der Waals surface area contributed by atoms with Gasteiger partial charge in [-0.3, -0.25) is 9.78 Å². The van der Waals surface area contributed by atoms with Crippen LogP contribution in [0.5, 0.6) is 0 Å². The van der Waals surface area contributed by atoms with Crippen molar-refractivity contribution in [3.8, 4) is 0 Å². The van der Waals surface area contributed by atoms with Crippen LogP contribution in [0.2, 0.25) is 10.0 Å². The number of pyridine rings is 1. The van der Waals surface area contributed by atoms with Crippen LogP contribution in [-0.2, 0) is 0 Å². The zero-order valence-electron chi connectivity index (χ0n) is 6.76. The van der Waals surface area contributed by atoms with Crippen LogP contribution in [0.4, 0.5) is 0 Å². The lowest BCUT2D eigenvalue weighted by atomic mass is 10.1. The smallest absolute Gasteiger partial charge is 0.167 e. The molecule has 0 bridgehead atoms. The van der Waals surface area contributed by atoms with Crippen molar-refractivity contribution < 1.29 is 4.79 Å². The zero-order valence-corrected chi connectivity index (χ0v) is 8.27. The Balaban J connectivity index is 3.05. The maximum atomic E-state index is 11.4. The Kier molecular flexibility index (Phi) is 3.66. The van der Waals surface area contributed by atoms with Gasteiger partial charge in [0.05, 0.1) is 15.6 Å². The summed E-state index contributed by atoms with van der Waals surface area (Å²) in [5.41, 5.74) is 5.55. The number of hydrogen-bond donors (Lipinski definition) is 1. The molecule has 1 heterocycles. The summed E-state index contributed by atoms with van der Waals surface area (Å²) < 4.78 is 0. The molecule has 1 aromatic heterocycles. The monoisotopic (exact) mass is 218 g/mol. The van der Waals surface area contributed by atoms with Gasteiger partial charge in [-0.1, -0.05) is 23.2 Å². The summed E-state index contributed by atoms with van der Waals surface area (Å²) >= 11 is 11.5. The number of nitrogens with zero attached hydrogens (tertiary/aromatic N) is 1. The highest BCUT2D eigenvalue weighted by molar-refractivity contribution is 6.39. The van der Waals surface area contributed by atoms with Crippen molar-refractivity contribution in [3.63, 3.8) is 0 Å². The average molecular weight is 219 g/mol. The van der Waals surface area contributed by atoms with E-state index in [1.807, 2.05) is 0 Å². The van der Waals surface area contributed by atoms with Crippen LogP contribution in [0.15, 0.2) is 12.4 Å². The summed E-state index contributed by atoms with van der Waals surface area (Å²) in [4.78, 5) is 15.1. The summed E-state index contributed by atoms with van der Waals surface area (Å²) in [5, 5.41) is 0.539. The number of nitrogens with two attached hydrogens (primary N) is 1. The molecule has 0 aliphatic rings. The fraction of sp³-hybridized carbons (Fsp3) is 0.250. The van der Waals surface area contributed by atoms with Gasteiger partial charge in [0, 0.05) is 18.8 Å². The lowest BCUT2D eigenvalue weighted by molar-refractivity contribution is 0.0985. The van der Waals surface area contributed by atoms with Crippen molar-refractivity contribution in [2.45, 2.75) is 6.42 Å². The quantitative estimate of drug-likeness (QED) is 0.790. The Bertz CT molecular complexity index is 308. The first kappa shape index (κ1) is 10.4. The minimum Gasteiger partial charge on any atom is -0.330 e. The second kappa shape index (κ2) is 4.56. The van der Waals surface area contributed by atoms with Gasteiger partial charge in [-0.2, -0.15) is 0 Å². The Morgan fingerprint density at radius 1 is 1.38 bits per heavy atom. The molecule has 0 atom stereocenters. The van der Waals surface area contributed by atoms with Crippen LogP contribution < -0.4 is 5.73 Å². The molecule has 5 heteroatoms. The molecule has 2 N–H and O–H groups in total. The molecule has 13 heavy (non-hydrogen) atoms. The fourth-order valence-corrected chi connectivity index (χ4v) is 1.51. The Morgan fingerprint density at radius 2 is 1.92 bits per heavy atom. The average Bonchev–Trinajstić information content (AvgIpc) is 2.04. The number of Topliss-reactive ketones (excluding diaryl/α,β-unsaturated/α-hetero) is 1. The van der Waals surface area contributed by atoms with Crippen LogP contribution in [0.3, 0.4) is 0 Å². The maximum absolute atomic E-state index is 11.4. The van der Waals surface area contributed by atoms with Crippen molar-refractivity contribution in [3.05, 3.63) is 28.0 Å². The minimum absolute atomic E-state index is 0.153. The van der Waals surface area contributed by atoms with Gasteiger partial charge in [0.1, 0.15) is 0 Å². The molecule has 70 valence electrons. The molecule has 0 amide bonds. The summed E-state index contributed by atoms with van der Waals surface area (Å²) in [7, 11) is 0. The van der Waals surface area contributed by atoms with E-state index in [9.17, 15) is 4.79 Å². The highest BCUT2D eigenvalue weighted by Gasteiger charge is 2.13. The van der Waals surface area contributed by atoms with Crippen molar-refractivity contribution >= 4 is 29.0 Å². The molecule has 0 aliphatic heterocycles. The number of halogens is 2. The van der Waals surface area contributed by atoms with Crippen LogP contribution >= 0.6 is 23.2 Å². The van der Waals surface area contributed by atoms with Gasteiger partial charge in [0.25, 0.3) is 0 Å². The normalized spacial score (nSPS) is 10.1. The van der Waals surface area contributed by atoms with Gasteiger partial charge in [0.2, 0.25) is 0 Å². The van der Waals surface area contributed by atoms with E-state index in [4.69, 9.17) is 28.9 Å². The fourth-order valence-electron chi connectivity index (χ4n) is 0.934. The Morgan fingerprint density at radius 3 is 2.38 bits per heavy atom. The second-order valence-electron chi connectivity index (χ2n) is 2.44. The summed E-state index contributed by atoms with van der Waals surface area (Å²) in [6.45, 7) is 0.286. The number of carbonyl (C=O) groups is 1. The van der Waals surface area contributed by atoms with E-state index in [-0.39, 0.29) is 28.8 Å². The van der Waals surface area contributed by atoms with E-state index in [2.05, 4.69) is 4.98 Å². The number of carbonyl (C=O) groups excluding carboxylic acids is 1. The summed E-state index contributed by atoms with van der Waals surface area (Å²) in [6.07, 6.45) is 3.01. The topological polar surface area (TPSA) is 56.0 Å². The molecule has 1 rings (SSSR count). The number of ketones is 1. The molecular formula is C8H8Cl2N2O.